The van der Waals surface area contributed by atoms with Gasteiger partial charge in [-0.3, -0.25) is 4.79 Å². The molecule has 16 heavy (non-hydrogen) atoms. The van der Waals surface area contributed by atoms with Gasteiger partial charge in [-0.15, -0.1) is 0 Å². The molecule has 0 bridgehead atoms. The van der Waals surface area contributed by atoms with E-state index in [2.05, 4.69) is 12.2 Å². The van der Waals surface area contributed by atoms with Crippen LogP contribution in [0.5, 0.6) is 0 Å². The maximum absolute atomic E-state index is 11.0. The van der Waals surface area contributed by atoms with Crippen LogP contribution in [0.4, 0.5) is 0 Å². The summed E-state index contributed by atoms with van der Waals surface area (Å²) in [5.41, 5.74) is 4.60. The van der Waals surface area contributed by atoms with Crippen molar-refractivity contribution in [2.24, 2.45) is 11.7 Å². The number of aliphatic hydroxyl groups is 1. The molecule has 1 rings (SSSR count). The molecule has 0 heterocycles. The lowest BCUT2D eigenvalue weighted by atomic mass is 9.79. The van der Waals surface area contributed by atoms with Crippen LogP contribution < -0.4 is 11.1 Å². The zero-order valence-electron chi connectivity index (χ0n) is 10.3. The van der Waals surface area contributed by atoms with E-state index < -0.39 is 5.60 Å². The molecule has 1 amide bonds. The topological polar surface area (TPSA) is 75.3 Å². The molecule has 0 aromatic carbocycles. The third-order valence-electron chi connectivity index (χ3n) is 3.63. The summed E-state index contributed by atoms with van der Waals surface area (Å²) in [5, 5.41) is 13.4. The van der Waals surface area contributed by atoms with Crippen molar-refractivity contribution in [3.63, 3.8) is 0 Å². The number of hydrogen-bond acceptors (Lipinski definition) is 3. The molecule has 4 nitrogen and oxygen atoms in total. The van der Waals surface area contributed by atoms with Crippen LogP contribution in [-0.2, 0) is 4.79 Å². The molecule has 0 aliphatic heterocycles. The Bertz CT molecular complexity index is 235. The summed E-state index contributed by atoms with van der Waals surface area (Å²) >= 11 is 0. The first-order chi connectivity index (χ1) is 7.47. The summed E-state index contributed by atoms with van der Waals surface area (Å²) in [7, 11) is 0. The lowest BCUT2D eigenvalue weighted by Gasteiger charge is -2.35. The molecule has 0 radical (unpaired) electrons. The summed E-state index contributed by atoms with van der Waals surface area (Å²) < 4.78 is 0. The second-order valence-electron chi connectivity index (χ2n) is 5.15. The second kappa shape index (κ2) is 5.64. The molecule has 1 unspecified atom stereocenters. The summed E-state index contributed by atoms with van der Waals surface area (Å²) in [6.07, 6.45) is 4.42. The Morgan fingerprint density at radius 1 is 1.56 bits per heavy atom. The standard InChI is InChI=1S/C12H24N2O2/c1-3-10(11(13)15)14-8-12(16)6-4-9(2)5-7-12/h9-10,14,16H,3-8H2,1-2H3,(H2,13,15). The van der Waals surface area contributed by atoms with Gasteiger partial charge in [0.25, 0.3) is 0 Å². The van der Waals surface area contributed by atoms with Gasteiger partial charge >= 0.3 is 0 Å². The molecule has 0 aromatic rings. The monoisotopic (exact) mass is 228 g/mol. The van der Waals surface area contributed by atoms with Crippen LogP contribution in [0.1, 0.15) is 46.0 Å². The Balaban J connectivity index is 2.38. The molecule has 1 atom stereocenters. The van der Waals surface area contributed by atoms with Gasteiger partial charge in [-0.1, -0.05) is 13.8 Å². The minimum Gasteiger partial charge on any atom is -0.389 e. The third-order valence-corrected chi connectivity index (χ3v) is 3.63. The zero-order valence-corrected chi connectivity index (χ0v) is 10.3. The van der Waals surface area contributed by atoms with Crippen LogP contribution in [-0.4, -0.2) is 29.2 Å². The van der Waals surface area contributed by atoms with Gasteiger partial charge in [-0.25, -0.2) is 0 Å². The average Bonchev–Trinajstić information content (AvgIpc) is 2.23. The number of carbonyl (C=O) groups is 1. The van der Waals surface area contributed by atoms with Crippen molar-refractivity contribution >= 4 is 5.91 Å². The quantitative estimate of drug-likeness (QED) is 0.651. The number of amides is 1. The van der Waals surface area contributed by atoms with E-state index in [0.29, 0.717) is 18.9 Å². The molecular formula is C12H24N2O2. The molecule has 1 aliphatic rings. The number of nitrogens with two attached hydrogens (primary N) is 1. The highest BCUT2D eigenvalue weighted by Gasteiger charge is 2.32. The number of nitrogens with one attached hydrogen (secondary N) is 1. The molecule has 0 spiro atoms. The van der Waals surface area contributed by atoms with Crippen molar-refractivity contribution in [3.05, 3.63) is 0 Å². The van der Waals surface area contributed by atoms with Gasteiger partial charge in [0.2, 0.25) is 5.91 Å². The van der Waals surface area contributed by atoms with E-state index in [9.17, 15) is 9.90 Å². The highest BCUT2D eigenvalue weighted by atomic mass is 16.3. The van der Waals surface area contributed by atoms with E-state index in [1.54, 1.807) is 0 Å². The van der Waals surface area contributed by atoms with Crippen molar-refractivity contribution in [3.8, 4) is 0 Å². The Hall–Kier alpha value is -0.610. The highest BCUT2D eigenvalue weighted by molar-refractivity contribution is 5.79. The summed E-state index contributed by atoms with van der Waals surface area (Å²) in [5.74, 6) is 0.369. The number of rotatable bonds is 5. The van der Waals surface area contributed by atoms with Crippen molar-refractivity contribution in [1.82, 2.24) is 5.32 Å². The number of carbonyl (C=O) groups excluding carboxylic acids is 1. The van der Waals surface area contributed by atoms with E-state index in [1.807, 2.05) is 6.92 Å². The average molecular weight is 228 g/mol. The molecule has 0 saturated heterocycles. The fourth-order valence-corrected chi connectivity index (χ4v) is 2.24. The van der Waals surface area contributed by atoms with Gasteiger partial charge in [0.1, 0.15) is 0 Å². The van der Waals surface area contributed by atoms with Crippen molar-refractivity contribution < 1.29 is 9.90 Å². The second-order valence-corrected chi connectivity index (χ2v) is 5.15. The van der Waals surface area contributed by atoms with E-state index >= 15 is 0 Å². The maximum atomic E-state index is 11.0. The van der Waals surface area contributed by atoms with Crippen LogP contribution in [0.25, 0.3) is 0 Å². The van der Waals surface area contributed by atoms with E-state index in [-0.39, 0.29) is 11.9 Å². The van der Waals surface area contributed by atoms with Crippen molar-refractivity contribution in [2.45, 2.75) is 57.6 Å². The van der Waals surface area contributed by atoms with Crippen LogP contribution in [0.15, 0.2) is 0 Å². The fraction of sp³-hybridized carbons (Fsp3) is 0.917. The van der Waals surface area contributed by atoms with Crippen molar-refractivity contribution in [2.75, 3.05) is 6.54 Å². The van der Waals surface area contributed by atoms with Gasteiger partial charge in [-0.2, -0.15) is 0 Å². The van der Waals surface area contributed by atoms with Crippen molar-refractivity contribution in [1.29, 1.82) is 0 Å². The van der Waals surface area contributed by atoms with Crippen LogP contribution >= 0.6 is 0 Å². The normalized spacial score (nSPS) is 32.3. The first-order valence-electron chi connectivity index (χ1n) is 6.22. The van der Waals surface area contributed by atoms with Gasteiger partial charge in [0.05, 0.1) is 11.6 Å². The Labute approximate surface area is 97.6 Å². The van der Waals surface area contributed by atoms with E-state index in [0.717, 1.165) is 25.7 Å². The Morgan fingerprint density at radius 2 is 2.12 bits per heavy atom. The zero-order chi connectivity index (χ0) is 12.2. The fourth-order valence-electron chi connectivity index (χ4n) is 2.24. The number of hydrogen-bond donors (Lipinski definition) is 3. The Morgan fingerprint density at radius 3 is 2.56 bits per heavy atom. The molecule has 1 saturated carbocycles. The molecule has 1 aliphatic carbocycles. The molecular weight excluding hydrogens is 204 g/mol. The van der Waals surface area contributed by atoms with Gasteiger partial charge in [-0.05, 0) is 38.0 Å². The van der Waals surface area contributed by atoms with Crippen LogP contribution in [0.3, 0.4) is 0 Å². The lowest BCUT2D eigenvalue weighted by molar-refractivity contribution is -0.120. The molecule has 1 fully saturated rings. The maximum Gasteiger partial charge on any atom is 0.234 e. The van der Waals surface area contributed by atoms with Crippen LogP contribution in [0.2, 0.25) is 0 Å². The van der Waals surface area contributed by atoms with Crippen LogP contribution in [0, 0.1) is 5.92 Å². The predicted molar refractivity (Wildman–Crippen MR) is 63.9 cm³/mol. The summed E-state index contributed by atoms with van der Waals surface area (Å²) in [4.78, 5) is 11.0. The first kappa shape index (κ1) is 13.5. The molecule has 4 N–H and O–H groups in total. The Kier molecular flexibility index (Phi) is 4.74. The van der Waals surface area contributed by atoms with Gasteiger partial charge in [0, 0.05) is 6.54 Å². The van der Waals surface area contributed by atoms with E-state index in [1.165, 1.54) is 0 Å². The molecule has 0 aromatic heterocycles. The highest BCUT2D eigenvalue weighted by Crippen LogP contribution is 2.31. The third kappa shape index (κ3) is 3.76. The SMILES string of the molecule is CCC(NCC1(O)CCC(C)CC1)C(N)=O. The van der Waals surface area contributed by atoms with E-state index in [4.69, 9.17) is 5.73 Å². The molecule has 94 valence electrons. The summed E-state index contributed by atoms with van der Waals surface area (Å²) in [6, 6.07) is -0.316. The smallest absolute Gasteiger partial charge is 0.234 e. The first-order valence-corrected chi connectivity index (χ1v) is 6.22. The minimum atomic E-state index is -0.643. The molecule has 4 heteroatoms. The summed E-state index contributed by atoms with van der Waals surface area (Å²) in [6.45, 7) is 4.60. The lowest BCUT2D eigenvalue weighted by Crippen LogP contribution is -2.50. The predicted octanol–water partition coefficient (Wildman–Crippen LogP) is 0.781. The minimum absolute atomic E-state index is 0.316. The van der Waals surface area contributed by atoms with Gasteiger partial charge in [0.15, 0.2) is 0 Å². The number of primary amides is 1. The largest absolute Gasteiger partial charge is 0.389 e. The van der Waals surface area contributed by atoms with Gasteiger partial charge < -0.3 is 16.2 Å².